The van der Waals surface area contributed by atoms with Crippen LogP contribution in [0.4, 0.5) is 0 Å². The van der Waals surface area contributed by atoms with E-state index >= 15 is 0 Å². The topological polar surface area (TPSA) is 12.0 Å². The molecule has 2 atom stereocenters. The fourth-order valence-corrected chi connectivity index (χ4v) is 3.66. The Kier molecular flexibility index (Phi) is 3.66. The van der Waals surface area contributed by atoms with Gasteiger partial charge in [-0.15, -0.1) is 12.4 Å². The van der Waals surface area contributed by atoms with E-state index in [1.54, 1.807) is 0 Å². The van der Waals surface area contributed by atoms with Crippen LogP contribution in [0.2, 0.25) is 10.0 Å². The Bertz CT molecular complexity index is 447. The molecule has 94 valence electrons. The molecule has 1 aliphatic carbocycles. The highest BCUT2D eigenvalue weighted by atomic mass is 35.5. The first-order chi connectivity index (χ1) is 7.62. The standard InChI is InChI=1S/C13H15Cl2N.ClH/c1-13-5-4-9-8(10(13)6-16-7-13)2-3-11(14)12(9)15;/h2-3,10,16H,4-7H2,1H3;1H/t10-,13+;/m0./s1. The molecule has 1 N–H and O–H groups in total. The number of nitrogens with one attached hydrogen (secondary N) is 1. The van der Waals surface area contributed by atoms with Gasteiger partial charge in [-0.3, -0.25) is 0 Å². The van der Waals surface area contributed by atoms with E-state index in [0.29, 0.717) is 16.4 Å². The monoisotopic (exact) mass is 291 g/mol. The zero-order chi connectivity index (χ0) is 11.3. The van der Waals surface area contributed by atoms with E-state index in [0.717, 1.165) is 24.5 Å². The molecule has 1 heterocycles. The third kappa shape index (κ3) is 1.98. The third-order valence-electron chi connectivity index (χ3n) is 4.27. The second-order valence-electron chi connectivity index (χ2n) is 5.27. The van der Waals surface area contributed by atoms with Crippen molar-refractivity contribution in [2.45, 2.75) is 25.7 Å². The zero-order valence-electron chi connectivity index (χ0n) is 9.72. The Hall–Kier alpha value is 0.0500. The van der Waals surface area contributed by atoms with Gasteiger partial charge in [-0.25, -0.2) is 0 Å². The van der Waals surface area contributed by atoms with E-state index in [4.69, 9.17) is 23.2 Å². The number of hydrogen-bond acceptors (Lipinski definition) is 1. The van der Waals surface area contributed by atoms with Gasteiger partial charge in [-0.2, -0.15) is 0 Å². The van der Waals surface area contributed by atoms with Gasteiger partial charge >= 0.3 is 0 Å². The molecular formula is C13H16Cl3N. The van der Waals surface area contributed by atoms with E-state index in [-0.39, 0.29) is 12.4 Å². The lowest BCUT2D eigenvalue weighted by Gasteiger charge is -2.37. The summed E-state index contributed by atoms with van der Waals surface area (Å²) in [4.78, 5) is 0. The van der Waals surface area contributed by atoms with Crippen LogP contribution in [0.25, 0.3) is 0 Å². The Morgan fingerprint density at radius 3 is 2.88 bits per heavy atom. The van der Waals surface area contributed by atoms with Gasteiger partial charge in [-0.1, -0.05) is 36.2 Å². The van der Waals surface area contributed by atoms with Crippen molar-refractivity contribution in [2.24, 2.45) is 5.41 Å². The smallest absolute Gasteiger partial charge is 0.0627 e. The summed E-state index contributed by atoms with van der Waals surface area (Å²) in [6.07, 6.45) is 2.27. The Labute approximate surface area is 118 Å². The average molecular weight is 293 g/mol. The van der Waals surface area contributed by atoms with Crippen molar-refractivity contribution < 1.29 is 0 Å². The number of halogens is 3. The predicted molar refractivity (Wildman–Crippen MR) is 75.7 cm³/mol. The quantitative estimate of drug-likeness (QED) is 0.760. The normalized spacial score (nSPS) is 30.4. The van der Waals surface area contributed by atoms with Crippen LogP contribution in [0, 0.1) is 5.41 Å². The molecule has 3 rings (SSSR count). The van der Waals surface area contributed by atoms with Crippen molar-refractivity contribution in [2.75, 3.05) is 13.1 Å². The van der Waals surface area contributed by atoms with Crippen LogP contribution in [-0.2, 0) is 6.42 Å². The fourth-order valence-electron chi connectivity index (χ4n) is 3.22. The van der Waals surface area contributed by atoms with Gasteiger partial charge in [0.2, 0.25) is 0 Å². The minimum Gasteiger partial charge on any atom is -0.316 e. The molecule has 1 saturated heterocycles. The van der Waals surface area contributed by atoms with Crippen LogP contribution in [0.1, 0.15) is 30.4 Å². The second kappa shape index (κ2) is 4.62. The highest BCUT2D eigenvalue weighted by Crippen LogP contribution is 2.49. The number of fused-ring (bicyclic) bond motifs is 3. The molecule has 2 aliphatic rings. The van der Waals surface area contributed by atoms with Crippen molar-refractivity contribution in [3.63, 3.8) is 0 Å². The summed E-state index contributed by atoms with van der Waals surface area (Å²) in [5.41, 5.74) is 3.10. The lowest BCUT2D eigenvalue weighted by molar-refractivity contribution is 0.277. The molecule has 0 saturated carbocycles. The van der Waals surface area contributed by atoms with Gasteiger partial charge in [0, 0.05) is 19.0 Å². The third-order valence-corrected chi connectivity index (χ3v) is 5.12. The summed E-state index contributed by atoms with van der Waals surface area (Å²) in [7, 11) is 0. The molecule has 4 heteroatoms. The average Bonchev–Trinajstić information content (AvgIpc) is 2.65. The molecule has 1 aliphatic heterocycles. The summed E-state index contributed by atoms with van der Waals surface area (Å²) < 4.78 is 0. The van der Waals surface area contributed by atoms with Crippen molar-refractivity contribution in [1.82, 2.24) is 5.32 Å². The summed E-state index contributed by atoms with van der Waals surface area (Å²) in [6, 6.07) is 4.10. The second-order valence-corrected chi connectivity index (χ2v) is 6.05. The first-order valence-corrected chi connectivity index (χ1v) is 6.55. The molecule has 1 nitrogen and oxygen atoms in total. The Morgan fingerprint density at radius 2 is 2.12 bits per heavy atom. The molecule has 1 aromatic rings. The lowest BCUT2D eigenvalue weighted by Crippen LogP contribution is -2.30. The van der Waals surface area contributed by atoms with Crippen LogP contribution >= 0.6 is 35.6 Å². The lowest BCUT2D eigenvalue weighted by atomic mass is 9.67. The molecule has 1 fully saturated rings. The predicted octanol–water partition coefficient (Wildman–Crippen LogP) is 4.05. The van der Waals surface area contributed by atoms with E-state index in [2.05, 4.69) is 18.3 Å². The van der Waals surface area contributed by atoms with Crippen molar-refractivity contribution >= 4 is 35.6 Å². The maximum atomic E-state index is 6.29. The maximum absolute atomic E-state index is 6.29. The molecule has 1 aromatic carbocycles. The van der Waals surface area contributed by atoms with E-state index in [1.165, 1.54) is 17.5 Å². The molecule has 0 aromatic heterocycles. The van der Waals surface area contributed by atoms with Gasteiger partial charge in [0.1, 0.15) is 0 Å². The maximum Gasteiger partial charge on any atom is 0.0627 e. The molecule has 0 spiro atoms. The van der Waals surface area contributed by atoms with Crippen molar-refractivity contribution in [3.05, 3.63) is 33.3 Å². The van der Waals surface area contributed by atoms with Gasteiger partial charge in [0.25, 0.3) is 0 Å². The van der Waals surface area contributed by atoms with Crippen LogP contribution < -0.4 is 5.32 Å². The van der Waals surface area contributed by atoms with Gasteiger partial charge in [-0.05, 0) is 35.4 Å². The van der Waals surface area contributed by atoms with Crippen LogP contribution in [0.15, 0.2) is 12.1 Å². The molecule has 0 unspecified atom stereocenters. The molecule has 17 heavy (non-hydrogen) atoms. The first-order valence-electron chi connectivity index (χ1n) is 5.79. The minimum atomic E-state index is 0. The van der Waals surface area contributed by atoms with E-state index in [9.17, 15) is 0 Å². The van der Waals surface area contributed by atoms with E-state index in [1.807, 2.05) is 6.07 Å². The van der Waals surface area contributed by atoms with Crippen LogP contribution in [0.5, 0.6) is 0 Å². The summed E-state index contributed by atoms with van der Waals surface area (Å²) in [5, 5.41) is 4.96. The van der Waals surface area contributed by atoms with Crippen molar-refractivity contribution in [1.29, 1.82) is 0 Å². The SMILES string of the molecule is C[C@]12CCc3c(ccc(Cl)c3Cl)[C@@H]1CNC2.Cl. The largest absolute Gasteiger partial charge is 0.316 e. The molecular weight excluding hydrogens is 277 g/mol. The van der Waals surface area contributed by atoms with Crippen molar-refractivity contribution in [3.8, 4) is 0 Å². The van der Waals surface area contributed by atoms with Gasteiger partial charge in [0.05, 0.1) is 10.0 Å². The highest BCUT2D eigenvalue weighted by Gasteiger charge is 2.43. The number of benzene rings is 1. The van der Waals surface area contributed by atoms with Crippen LogP contribution in [-0.4, -0.2) is 13.1 Å². The number of rotatable bonds is 0. The van der Waals surface area contributed by atoms with Gasteiger partial charge < -0.3 is 5.32 Å². The first kappa shape index (κ1) is 13.5. The zero-order valence-corrected chi connectivity index (χ0v) is 12.1. The van der Waals surface area contributed by atoms with E-state index < -0.39 is 0 Å². The molecule has 0 amide bonds. The number of hydrogen-bond donors (Lipinski definition) is 1. The summed E-state index contributed by atoms with van der Waals surface area (Å²) in [5.74, 6) is 0.603. The Balaban J connectivity index is 0.00000108. The summed E-state index contributed by atoms with van der Waals surface area (Å²) in [6.45, 7) is 4.57. The van der Waals surface area contributed by atoms with Gasteiger partial charge in [0.15, 0.2) is 0 Å². The molecule has 0 bridgehead atoms. The highest BCUT2D eigenvalue weighted by molar-refractivity contribution is 6.42. The van der Waals surface area contributed by atoms with Crippen LogP contribution in [0.3, 0.4) is 0 Å². The minimum absolute atomic E-state index is 0. The summed E-state index contributed by atoms with van der Waals surface area (Å²) >= 11 is 12.4. The molecule has 0 radical (unpaired) electrons. The fraction of sp³-hybridized carbons (Fsp3) is 0.538. The Morgan fingerprint density at radius 1 is 1.35 bits per heavy atom.